The number of nitrogens with zero attached hydrogens (tertiary/aromatic N) is 3. The predicted octanol–water partition coefficient (Wildman–Crippen LogP) is 3.00. The van der Waals surface area contributed by atoms with E-state index in [1.807, 2.05) is 13.0 Å². The van der Waals surface area contributed by atoms with Gasteiger partial charge in [-0.25, -0.2) is 9.97 Å². The first kappa shape index (κ1) is 14.7. The average molecular weight is 284 g/mol. The van der Waals surface area contributed by atoms with Crippen LogP contribution in [-0.4, -0.2) is 40.7 Å². The Hall–Kier alpha value is -0.710. The number of halogens is 1. The molecule has 0 aromatic carbocycles. The molecule has 1 unspecified atom stereocenters. The Bertz CT molecular complexity index is 407. The van der Waals surface area contributed by atoms with E-state index in [0.717, 1.165) is 44.0 Å². The van der Waals surface area contributed by atoms with Gasteiger partial charge in [0, 0.05) is 18.3 Å². The maximum atomic E-state index is 6.00. The van der Waals surface area contributed by atoms with Gasteiger partial charge in [0.1, 0.15) is 0 Å². The molecule has 1 saturated heterocycles. The summed E-state index contributed by atoms with van der Waals surface area (Å²) in [6.45, 7) is 8.90. The van der Waals surface area contributed by atoms with Crippen molar-refractivity contribution in [3.63, 3.8) is 0 Å². The first-order valence-electron chi connectivity index (χ1n) is 6.96. The third kappa shape index (κ3) is 3.65. The standard InChI is InChI=1S/C14H22ClN3O/c1-4-5-13(18-6-7-19-9-11(18)3)12-8-10(2)16-14(15)17-12/h8,11,13H,4-7,9H2,1-3H3/t11-,13?/m1/s1. The van der Waals surface area contributed by atoms with Crippen LogP contribution in [0.5, 0.6) is 0 Å². The fourth-order valence-corrected chi connectivity index (χ4v) is 2.92. The number of aryl methyl sites for hydroxylation is 1. The smallest absolute Gasteiger partial charge is 0.222 e. The van der Waals surface area contributed by atoms with Crippen LogP contribution in [-0.2, 0) is 4.74 Å². The van der Waals surface area contributed by atoms with Crippen LogP contribution in [0.25, 0.3) is 0 Å². The van der Waals surface area contributed by atoms with E-state index in [4.69, 9.17) is 16.3 Å². The summed E-state index contributed by atoms with van der Waals surface area (Å²) in [5.41, 5.74) is 1.96. The van der Waals surface area contributed by atoms with Gasteiger partial charge in [-0.1, -0.05) is 13.3 Å². The topological polar surface area (TPSA) is 38.2 Å². The molecule has 0 radical (unpaired) electrons. The van der Waals surface area contributed by atoms with Crippen molar-refractivity contribution in [3.8, 4) is 0 Å². The molecule has 1 aromatic rings. The van der Waals surface area contributed by atoms with Crippen LogP contribution in [0, 0.1) is 6.92 Å². The molecule has 1 aliphatic heterocycles. The quantitative estimate of drug-likeness (QED) is 0.796. The maximum Gasteiger partial charge on any atom is 0.222 e. The Morgan fingerprint density at radius 3 is 2.95 bits per heavy atom. The van der Waals surface area contributed by atoms with Gasteiger partial charge >= 0.3 is 0 Å². The van der Waals surface area contributed by atoms with Crippen LogP contribution >= 0.6 is 11.6 Å². The van der Waals surface area contributed by atoms with E-state index in [2.05, 4.69) is 28.7 Å². The van der Waals surface area contributed by atoms with E-state index in [9.17, 15) is 0 Å². The average Bonchev–Trinajstić information content (AvgIpc) is 2.36. The molecule has 106 valence electrons. The normalized spacial score (nSPS) is 22.4. The van der Waals surface area contributed by atoms with Crippen LogP contribution < -0.4 is 0 Å². The van der Waals surface area contributed by atoms with Crippen LogP contribution in [0.2, 0.25) is 5.28 Å². The zero-order valence-corrected chi connectivity index (χ0v) is 12.7. The van der Waals surface area contributed by atoms with Crippen molar-refractivity contribution in [1.29, 1.82) is 0 Å². The second-order valence-corrected chi connectivity index (χ2v) is 5.51. The fourth-order valence-electron chi connectivity index (χ4n) is 2.69. The Balaban J connectivity index is 2.27. The minimum atomic E-state index is 0.308. The van der Waals surface area contributed by atoms with Crippen LogP contribution in [0.4, 0.5) is 0 Å². The fraction of sp³-hybridized carbons (Fsp3) is 0.714. The summed E-state index contributed by atoms with van der Waals surface area (Å²) < 4.78 is 5.52. The van der Waals surface area contributed by atoms with E-state index in [1.54, 1.807) is 0 Å². The molecule has 0 amide bonds. The molecule has 0 saturated carbocycles. The molecular formula is C14H22ClN3O. The first-order valence-corrected chi connectivity index (χ1v) is 7.34. The number of ether oxygens (including phenoxy) is 1. The summed E-state index contributed by atoms with van der Waals surface area (Å²) in [5, 5.41) is 0.344. The van der Waals surface area contributed by atoms with Gasteiger partial charge in [-0.15, -0.1) is 0 Å². The van der Waals surface area contributed by atoms with E-state index in [-0.39, 0.29) is 0 Å². The van der Waals surface area contributed by atoms with Gasteiger partial charge in [-0.2, -0.15) is 0 Å². The van der Waals surface area contributed by atoms with Gasteiger partial charge in [-0.05, 0) is 37.9 Å². The molecular weight excluding hydrogens is 262 g/mol. The summed E-state index contributed by atoms with van der Waals surface area (Å²) in [6.07, 6.45) is 2.20. The van der Waals surface area contributed by atoms with E-state index < -0.39 is 0 Å². The van der Waals surface area contributed by atoms with Crippen molar-refractivity contribution in [1.82, 2.24) is 14.9 Å². The highest BCUT2D eigenvalue weighted by molar-refractivity contribution is 6.28. The number of rotatable bonds is 4. The molecule has 2 heterocycles. The number of hydrogen-bond donors (Lipinski definition) is 0. The number of hydrogen-bond acceptors (Lipinski definition) is 4. The number of morpholine rings is 1. The van der Waals surface area contributed by atoms with Crippen LogP contribution in [0.15, 0.2) is 6.07 Å². The lowest BCUT2D eigenvalue weighted by Crippen LogP contribution is -2.45. The molecule has 1 fully saturated rings. The highest BCUT2D eigenvalue weighted by Crippen LogP contribution is 2.28. The Kier molecular flexibility index (Phi) is 5.13. The Morgan fingerprint density at radius 2 is 2.32 bits per heavy atom. The predicted molar refractivity (Wildman–Crippen MR) is 76.4 cm³/mol. The van der Waals surface area contributed by atoms with E-state index in [0.29, 0.717) is 17.4 Å². The van der Waals surface area contributed by atoms with Gasteiger partial charge in [0.15, 0.2) is 0 Å². The van der Waals surface area contributed by atoms with E-state index >= 15 is 0 Å². The van der Waals surface area contributed by atoms with Crippen LogP contribution in [0.3, 0.4) is 0 Å². The summed E-state index contributed by atoms with van der Waals surface area (Å²) in [4.78, 5) is 11.1. The van der Waals surface area contributed by atoms with Gasteiger partial charge in [-0.3, -0.25) is 4.90 Å². The largest absolute Gasteiger partial charge is 0.379 e. The molecule has 5 heteroatoms. The zero-order chi connectivity index (χ0) is 13.8. The molecule has 4 nitrogen and oxygen atoms in total. The lowest BCUT2D eigenvalue weighted by Gasteiger charge is -2.39. The number of aromatic nitrogens is 2. The summed E-state index contributed by atoms with van der Waals surface area (Å²) in [7, 11) is 0. The molecule has 0 aliphatic carbocycles. The third-order valence-electron chi connectivity index (χ3n) is 3.57. The highest BCUT2D eigenvalue weighted by atomic mass is 35.5. The molecule has 2 rings (SSSR count). The second kappa shape index (κ2) is 6.64. The molecule has 0 bridgehead atoms. The van der Waals surface area contributed by atoms with Gasteiger partial charge in [0.2, 0.25) is 5.28 Å². The molecule has 0 spiro atoms. The van der Waals surface area contributed by atoms with Crippen molar-refractivity contribution in [2.45, 2.75) is 45.7 Å². The zero-order valence-electron chi connectivity index (χ0n) is 11.9. The summed E-state index contributed by atoms with van der Waals surface area (Å²) >= 11 is 6.00. The van der Waals surface area contributed by atoms with Crippen molar-refractivity contribution in [3.05, 3.63) is 22.7 Å². The summed E-state index contributed by atoms with van der Waals surface area (Å²) in [6, 6.07) is 2.77. The molecule has 19 heavy (non-hydrogen) atoms. The van der Waals surface area contributed by atoms with Crippen molar-refractivity contribution in [2.24, 2.45) is 0 Å². The SMILES string of the molecule is CCCC(c1cc(C)nc(Cl)n1)N1CCOC[C@H]1C. The lowest BCUT2D eigenvalue weighted by molar-refractivity contribution is -0.0254. The minimum absolute atomic E-state index is 0.308. The third-order valence-corrected chi connectivity index (χ3v) is 3.74. The van der Waals surface area contributed by atoms with Gasteiger partial charge in [0.05, 0.1) is 24.9 Å². The molecule has 1 aliphatic rings. The monoisotopic (exact) mass is 283 g/mol. The van der Waals surface area contributed by atoms with E-state index in [1.165, 1.54) is 0 Å². The first-order chi connectivity index (χ1) is 9.11. The molecule has 0 N–H and O–H groups in total. The van der Waals surface area contributed by atoms with Gasteiger partial charge < -0.3 is 4.74 Å². The van der Waals surface area contributed by atoms with Crippen molar-refractivity contribution in [2.75, 3.05) is 19.8 Å². The Morgan fingerprint density at radius 1 is 1.53 bits per heavy atom. The molecule has 1 aromatic heterocycles. The summed E-state index contributed by atoms with van der Waals surface area (Å²) in [5.74, 6) is 0. The van der Waals surface area contributed by atoms with Crippen molar-refractivity contribution < 1.29 is 4.74 Å². The Labute approximate surface area is 120 Å². The minimum Gasteiger partial charge on any atom is -0.379 e. The van der Waals surface area contributed by atoms with Crippen molar-refractivity contribution >= 4 is 11.6 Å². The van der Waals surface area contributed by atoms with Gasteiger partial charge in [0.25, 0.3) is 0 Å². The second-order valence-electron chi connectivity index (χ2n) is 5.17. The van der Waals surface area contributed by atoms with Crippen LogP contribution in [0.1, 0.15) is 44.1 Å². The molecule has 2 atom stereocenters. The lowest BCUT2D eigenvalue weighted by atomic mass is 10.0. The highest BCUT2D eigenvalue weighted by Gasteiger charge is 2.28. The maximum absolute atomic E-state index is 6.00.